The number of para-hydroxylation sites is 1. The summed E-state index contributed by atoms with van der Waals surface area (Å²) in [4.78, 5) is 22.1. The van der Waals surface area contributed by atoms with Gasteiger partial charge in [0.25, 0.3) is 5.56 Å². The van der Waals surface area contributed by atoms with E-state index in [1.54, 1.807) is 18.3 Å². The molecule has 1 aromatic carbocycles. The van der Waals surface area contributed by atoms with Gasteiger partial charge >= 0.3 is 0 Å². The predicted octanol–water partition coefficient (Wildman–Crippen LogP) is 5.70. The summed E-state index contributed by atoms with van der Waals surface area (Å²) >= 11 is 6.65. The van der Waals surface area contributed by atoms with Gasteiger partial charge in [0, 0.05) is 46.8 Å². The van der Waals surface area contributed by atoms with E-state index in [0.717, 1.165) is 33.4 Å². The minimum absolute atomic E-state index is 0.0683. The SMILES string of the molecule is C=C/C(C)=C(\NC)c1cc(C)nc2c(OCc3c(Cl)cc(C)nc3Cn3cccc(C#N)c3=O)cccc12. The molecule has 0 saturated carbocycles. The first-order chi connectivity index (χ1) is 18.3. The second kappa shape index (κ2) is 11.3. The van der Waals surface area contributed by atoms with E-state index in [9.17, 15) is 10.1 Å². The fourth-order valence-corrected chi connectivity index (χ4v) is 4.70. The highest BCUT2D eigenvalue weighted by Crippen LogP contribution is 2.32. The Bertz CT molecular complexity index is 1680. The highest BCUT2D eigenvalue weighted by Gasteiger charge is 2.16. The molecule has 7 nitrogen and oxygen atoms in total. The van der Waals surface area contributed by atoms with Crippen LogP contribution in [0.4, 0.5) is 0 Å². The molecule has 0 radical (unpaired) electrons. The topological polar surface area (TPSA) is 92.8 Å². The van der Waals surface area contributed by atoms with Crippen LogP contribution in [0.3, 0.4) is 0 Å². The lowest BCUT2D eigenvalue weighted by Crippen LogP contribution is -2.23. The van der Waals surface area contributed by atoms with Gasteiger partial charge in [-0.15, -0.1) is 0 Å². The van der Waals surface area contributed by atoms with Crippen molar-refractivity contribution in [3.8, 4) is 11.8 Å². The number of rotatable bonds is 8. The summed E-state index contributed by atoms with van der Waals surface area (Å²) in [5.41, 5.74) is 6.22. The number of fused-ring (bicyclic) bond motifs is 1. The molecule has 0 atom stereocenters. The standard InChI is InChI=1S/C30H28ClN5O2/c1-6-18(2)28(33-5)23-13-19(3)35-29-22(23)10-7-11-27(29)38-17-24-25(31)14-20(4)34-26(24)16-36-12-8-9-21(15-32)30(36)37/h6-14,33H,1,16-17H2,2-5H3/b28-18-. The van der Waals surface area contributed by atoms with Crippen LogP contribution in [0.25, 0.3) is 16.6 Å². The smallest absolute Gasteiger partial charge is 0.268 e. The first-order valence-electron chi connectivity index (χ1n) is 12.1. The molecule has 0 aliphatic carbocycles. The number of halogens is 1. The maximum atomic E-state index is 12.6. The molecule has 4 rings (SSSR count). The van der Waals surface area contributed by atoms with Crippen molar-refractivity contribution in [2.75, 3.05) is 7.05 Å². The third-order valence-electron chi connectivity index (χ3n) is 6.27. The van der Waals surface area contributed by atoms with Crippen molar-refractivity contribution in [1.82, 2.24) is 19.9 Å². The average Bonchev–Trinajstić information content (AvgIpc) is 2.89. The number of nitrogens with zero attached hydrogens (tertiary/aromatic N) is 4. The summed E-state index contributed by atoms with van der Waals surface area (Å²) < 4.78 is 7.75. The molecule has 192 valence electrons. The lowest BCUT2D eigenvalue weighted by atomic mass is 10.0. The molecule has 0 unspecified atom stereocenters. The van der Waals surface area contributed by atoms with Gasteiger partial charge < -0.3 is 14.6 Å². The molecule has 1 N–H and O–H groups in total. The van der Waals surface area contributed by atoms with Crippen LogP contribution in [0.1, 0.15) is 40.7 Å². The van der Waals surface area contributed by atoms with E-state index in [4.69, 9.17) is 21.3 Å². The minimum atomic E-state index is -0.384. The van der Waals surface area contributed by atoms with Gasteiger partial charge in [0.15, 0.2) is 0 Å². The fourth-order valence-electron chi connectivity index (χ4n) is 4.38. The number of hydrogen-bond acceptors (Lipinski definition) is 6. The number of aryl methyl sites for hydroxylation is 2. The first-order valence-corrected chi connectivity index (χ1v) is 12.4. The van der Waals surface area contributed by atoms with E-state index >= 15 is 0 Å². The summed E-state index contributed by atoms with van der Waals surface area (Å²) in [7, 11) is 1.88. The van der Waals surface area contributed by atoms with Gasteiger partial charge in [-0.05, 0) is 56.7 Å². The van der Waals surface area contributed by atoms with Crippen LogP contribution in [0, 0.1) is 25.2 Å². The van der Waals surface area contributed by atoms with Crippen LogP contribution in [-0.4, -0.2) is 21.6 Å². The second-order valence-electron chi connectivity index (χ2n) is 8.90. The van der Waals surface area contributed by atoms with Crippen molar-refractivity contribution in [3.63, 3.8) is 0 Å². The highest BCUT2D eigenvalue weighted by atomic mass is 35.5. The number of benzene rings is 1. The molecular weight excluding hydrogens is 498 g/mol. The second-order valence-corrected chi connectivity index (χ2v) is 9.31. The Morgan fingerprint density at radius 2 is 1.97 bits per heavy atom. The Morgan fingerprint density at radius 1 is 1.21 bits per heavy atom. The third kappa shape index (κ3) is 5.31. The van der Waals surface area contributed by atoms with Gasteiger partial charge in [0.2, 0.25) is 0 Å². The zero-order valence-electron chi connectivity index (χ0n) is 21.8. The minimum Gasteiger partial charge on any atom is -0.486 e. The molecule has 3 heterocycles. The number of hydrogen-bond donors (Lipinski definition) is 1. The molecule has 0 bridgehead atoms. The number of ether oxygens (including phenoxy) is 1. The van der Waals surface area contributed by atoms with Crippen molar-refractivity contribution >= 4 is 28.2 Å². The molecule has 3 aromatic heterocycles. The van der Waals surface area contributed by atoms with Crippen molar-refractivity contribution in [1.29, 1.82) is 5.26 Å². The number of pyridine rings is 3. The zero-order valence-corrected chi connectivity index (χ0v) is 22.6. The Kier molecular flexibility index (Phi) is 7.94. The summed E-state index contributed by atoms with van der Waals surface area (Å²) in [6.07, 6.45) is 3.45. The van der Waals surface area contributed by atoms with Gasteiger partial charge in [-0.2, -0.15) is 5.26 Å². The van der Waals surface area contributed by atoms with Crippen LogP contribution in [0.15, 0.2) is 71.7 Å². The van der Waals surface area contributed by atoms with Gasteiger partial charge in [-0.1, -0.05) is 36.4 Å². The first kappa shape index (κ1) is 26.6. The average molecular weight is 526 g/mol. The quantitative estimate of drug-likeness (QED) is 0.297. The molecule has 0 amide bonds. The molecule has 4 aromatic rings. The summed E-state index contributed by atoms with van der Waals surface area (Å²) in [6, 6.07) is 14.7. The lowest BCUT2D eigenvalue weighted by Gasteiger charge is -2.17. The molecule has 0 aliphatic heterocycles. The molecular formula is C30H28ClN5O2. The molecule has 0 aliphatic rings. The molecule has 0 saturated heterocycles. The lowest BCUT2D eigenvalue weighted by molar-refractivity contribution is 0.307. The van der Waals surface area contributed by atoms with E-state index in [-0.39, 0.29) is 24.3 Å². The van der Waals surface area contributed by atoms with Crippen LogP contribution in [0.5, 0.6) is 5.75 Å². The molecule has 38 heavy (non-hydrogen) atoms. The monoisotopic (exact) mass is 525 g/mol. The van der Waals surface area contributed by atoms with E-state index in [1.165, 1.54) is 10.6 Å². The van der Waals surface area contributed by atoms with E-state index in [0.29, 0.717) is 27.7 Å². The van der Waals surface area contributed by atoms with Crippen molar-refractivity contribution in [2.45, 2.75) is 33.9 Å². The Morgan fingerprint density at radius 3 is 2.68 bits per heavy atom. The Hall–Kier alpha value is -4.41. The van der Waals surface area contributed by atoms with Crippen LogP contribution in [-0.2, 0) is 13.2 Å². The third-order valence-corrected chi connectivity index (χ3v) is 6.60. The maximum Gasteiger partial charge on any atom is 0.268 e. The molecule has 8 heteroatoms. The number of nitriles is 1. The van der Waals surface area contributed by atoms with E-state index in [1.807, 2.05) is 64.2 Å². The van der Waals surface area contributed by atoms with Crippen molar-refractivity contribution in [2.24, 2.45) is 0 Å². The van der Waals surface area contributed by atoms with Gasteiger partial charge in [-0.25, -0.2) is 4.98 Å². The molecule has 0 fully saturated rings. The van der Waals surface area contributed by atoms with Crippen LogP contribution >= 0.6 is 11.6 Å². The highest BCUT2D eigenvalue weighted by molar-refractivity contribution is 6.31. The van der Waals surface area contributed by atoms with Gasteiger partial charge in [-0.3, -0.25) is 9.78 Å². The summed E-state index contributed by atoms with van der Waals surface area (Å²) in [5, 5.41) is 14.0. The van der Waals surface area contributed by atoms with Crippen LogP contribution in [0.2, 0.25) is 5.02 Å². The maximum absolute atomic E-state index is 12.6. The Labute approximate surface area is 226 Å². The van der Waals surface area contributed by atoms with Crippen LogP contribution < -0.4 is 15.6 Å². The van der Waals surface area contributed by atoms with Crippen molar-refractivity contribution < 1.29 is 4.74 Å². The predicted molar refractivity (Wildman–Crippen MR) is 151 cm³/mol. The summed E-state index contributed by atoms with van der Waals surface area (Å²) in [6.45, 7) is 9.98. The van der Waals surface area contributed by atoms with E-state index in [2.05, 4.69) is 16.9 Å². The van der Waals surface area contributed by atoms with Gasteiger partial charge in [0.1, 0.15) is 29.5 Å². The van der Waals surface area contributed by atoms with Gasteiger partial charge in [0.05, 0.1) is 17.3 Å². The number of nitrogens with one attached hydrogen (secondary N) is 1. The largest absolute Gasteiger partial charge is 0.486 e. The molecule has 0 spiro atoms. The van der Waals surface area contributed by atoms with Crippen molar-refractivity contribution in [3.05, 3.63) is 116 Å². The van der Waals surface area contributed by atoms with E-state index < -0.39 is 0 Å². The normalized spacial score (nSPS) is 11.6. The fraction of sp³-hybridized carbons (Fsp3) is 0.200. The number of aromatic nitrogens is 3. The Balaban J connectivity index is 1.76. The zero-order chi connectivity index (χ0) is 27.4. The summed E-state index contributed by atoms with van der Waals surface area (Å²) in [5.74, 6) is 0.602. The number of allylic oxidation sites excluding steroid dienone is 2.